The van der Waals surface area contributed by atoms with E-state index < -0.39 is 0 Å². The van der Waals surface area contributed by atoms with Crippen molar-refractivity contribution in [2.24, 2.45) is 11.7 Å². The van der Waals surface area contributed by atoms with Crippen molar-refractivity contribution in [1.82, 2.24) is 9.97 Å². The molecule has 5 heteroatoms. The molecule has 1 aromatic heterocycles. The molecule has 0 radical (unpaired) electrons. The molecule has 1 aliphatic rings. The molecule has 0 aromatic carbocycles. The van der Waals surface area contributed by atoms with Crippen molar-refractivity contribution in [3.8, 4) is 0 Å². The van der Waals surface area contributed by atoms with Crippen LogP contribution >= 0.6 is 0 Å². The Morgan fingerprint density at radius 2 is 2.18 bits per heavy atom. The summed E-state index contributed by atoms with van der Waals surface area (Å²) in [6.45, 7) is 3.92. The summed E-state index contributed by atoms with van der Waals surface area (Å²) < 4.78 is 0. The molecule has 1 atom stereocenters. The third-order valence-corrected chi connectivity index (χ3v) is 3.14. The van der Waals surface area contributed by atoms with Gasteiger partial charge < -0.3 is 11.1 Å². The molecule has 1 aliphatic carbocycles. The zero-order chi connectivity index (χ0) is 12.4. The zero-order valence-electron chi connectivity index (χ0n) is 10.2. The smallest absolute Gasteiger partial charge is 0.240 e. The van der Waals surface area contributed by atoms with Gasteiger partial charge in [-0.3, -0.25) is 4.79 Å². The van der Waals surface area contributed by atoms with Crippen LogP contribution in [0, 0.1) is 5.92 Å². The predicted octanol–water partition coefficient (Wildman–Crippen LogP) is 0.887. The number of amides is 1. The van der Waals surface area contributed by atoms with E-state index in [9.17, 15) is 4.79 Å². The van der Waals surface area contributed by atoms with Crippen LogP contribution < -0.4 is 11.1 Å². The second-order valence-corrected chi connectivity index (χ2v) is 4.77. The van der Waals surface area contributed by atoms with E-state index in [1.54, 1.807) is 6.33 Å². The lowest BCUT2D eigenvalue weighted by Gasteiger charge is -2.20. The van der Waals surface area contributed by atoms with Crippen LogP contribution in [0.2, 0.25) is 0 Å². The normalized spacial score (nSPS) is 15.7. The van der Waals surface area contributed by atoms with E-state index in [4.69, 9.17) is 5.73 Å². The van der Waals surface area contributed by atoms with Crippen LogP contribution in [0.5, 0.6) is 0 Å². The van der Waals surface area contributed by atoms with E-state index in [2.05, 4.69) is 15.3 Å². The van der Waals surface area contributed by atoms with Crippen molar-refractivity contribution in [3.05, 3.63) is 17.6 Å². The number of rotatable bonds is 4. The number of nitrogens with one attached hydrogen (secondary N) is 1. The maximum atomic E-state index is 11.4. The maximum Gasteiger partial charge on any atom is 0.240 e. The average molecular weight is 234 g/mol. The minimum absolute atomic E-state index is 0.138. The number of aryl methyl sites for hydroxylation is 1. The molecular weight excluding hydrogens is 216 g/mol. The van der Waals surface area contributed by atoms with Gasteiger partial charge in [0.1, 0.15) is 18.2 Å². The summed E-state index contributed by atoms with van der Waals surface area (Å²) in [7, 11) is 0. The lowest BCUT2D eigenvalue weighted by atomic mass is 10.0. The Morgan fingerprint density at radius 3 is 2.82 bits per heavy atom. The predicted molar refractivity (Wildman–Crippen MR) is 65.5 cm³/mol. The molecule has 0 fully saturated rings. The van der Waals surface area contributed by atoms with E-state index in [1.165, 1.54) is 0 Å². The largest absolute Gasteiger partial charge is 0.368 e. The highest BCUT2D eigenvalue weighted by atomic mass is 16.1. The topological polar surface area (TPSA) is 80.9 Å². The Labute approximate surface area is 101 Å². The molecule has 1 unspecified atom stereocenters. The first-order valence-corrected chi connectivity index (χ1v) is 5.98. The molecule has 2 rings (SSSR count). The fourth-order valence-corrected chi connectivity index (χ4v) is 2.20. The van der Waals surface area contributed by atoms with Crippen molar-refractivity contribution in [3.63, 3.8) is 0 Å². The van der Waals surface area contributed by atoms with Crippen LogP contribution in [0.3, 0.4) is 0 Å². The van der Waals surface area contributed by atoms with Gasteiger partial charge in [-0.25, -0.2) is 9.97 Å². The van der Waals surface area contributed by atoms with Crippen molar-refractivity contribution in [1.29, 1.82) is 0 Å². The molecule has 1 amide bonds. The van der Waals surface area contributed by atoms with E-state index in [1.807, 2.05) is 13.8 Å². The van der Waals surface area contributed by atoms with Gasteiger partial charge in [0.25, 0.3) is 0 Å². The van der Waals surface area contributed by atoms with Crippen LogP contribution in [-0.4, -0.2) is 21.9 Å². The van der Waals surface area contributed by atoms with Crippen LogP contribution in [0.1, 0.15) is 31.5 Å². The number of nitrogens with two attached hydrogens (primary N) is 1. The van der Waals surface area contributed by atoms with Gasteiger partial charge in [0.05, 0.1) is 0 Å². The Kier molecular flexibility index (Phi) is 3.26. The van der Waals surface area contributed by atoms with E-state index in [0.29, 0.717) is 0 Å². The summed E-state index contributed by atoms with van der Waals surface area (Å²) in [6, 6.07) is -0.380. The van der Waals surface area contributed by atoms with Crippen molar-refractivity contribution < 1.29 is 4.79 Å². The maximum absolute atomic E-state index is 11.4. The van der Waals surface area contributed by atoms with Gasteiger partial charge in [-0.2, -0.15) is 0 Å². The fraction of sp³-hybridized carbons (Fsp3) is 0.583. The number of hydrogen-bond acceptors (Lipinski definition) is 4. The Balaban J connectivity index is 2.24. The SMILES string of the molecule is CC(C)C(Nc1ncnc2c1CCC2)C(N)=O. The van der Waals surface area contributed by atoms with Crippen molar-refractivity contribution >= 4 is 11.7 Å². The number of carbonyl (C=O) groups is 1. The van der Waals surface area contributed by atoms with Gasteiger partial charge in [0, 0.05) is 11.3 Å². The standard InChI is InChI=1S/C12H18N4O/c1-7(2)10(11(13)17)16-12-8-4-3-5-9(8)14-6-15-12/h6-7,10H,3-5H2,1-2H3,(H2,13,17)(H,14,15,16). The minimum Gasteiger partial charge on any atom is -0.368 e. The lowest BCUT2D eigenvalue weighted by Crippen LogP contribution is -2.40. The summed E-state index contributed by atoms with van der Waals surface area (Å²) in [5.41, 5.74) is 7.62. The number of carbonyl (C=O) groups excluding carboxylic acids is 1. The van der Waals surface area contributed by atoms with Gasteiger partial charge in [0.2, 0.25) is 5.91 Å². The number of primary amides is 1. The summed E-state index contributed by atoms with van der Waals surface area (Å²) in [6.07, 6.45) is 4.62. The first kappa shape index (κ1) is 11.8. The first-order chi connectivity index (χ1) is 8.09. The van der Waals surface area contributed by atoms with Crippen LogP contribution in [0.25, 0.3) is 0 Å². The highest BCUT2D eigenvalue weighted by molar-refractivity contribution is 5.83. The molecular formula is C12H18N4O. The van der Waals surface area contributed by atoms with Gasteiger partial charge in [-0.05, 0) is 25.2 Å². The molecule has 1 heterocycles. The molecule has 0 saturated carbocycles. The summed E-state index contributed by atoms with van der Waals surface area (Å²) in [5, 5.41) is 3.15. The van der Waals surface area contributed by atoms with E-state index in [-0.39, 0.29) is 17.9 Å². The second kappa shape index (κ2) is 4.69. The lowest BCUT2D eigenvalue weighted by molar-refractivity contribution is -0.119. The number of anilines is 1. The number of fused-ring (bicyclic) bond motifs is 1. The fourth-order valence-electron chi connectivity index (χ4n) is 2.20. The summed E-state index contributed by atoms with van der Waals surface area (Å²) >= 11 is 0. The monoisotopic (exact) mass is 234 g/mol. The first-order valence-electron chi connectivity index (χ1n) is 5.98. The summed E-state index contributed by atoms with van der Waals surface area (Å²) in [4.78, 5) is 19.8. The van der Waals surface area contributed by atoms with Gasteiger partial charge in [-0.15, -0.1) is 0 Å². The van der Waals surface area contributed by atoms with Gasteiger partial charge >= 0.3 is 0 Å². The average Bonchev–Trinajstić information content (AvgIpc) is 2.73. The number of aromatic nitrogens is 2. The second-order valence-electron chi connectivity index (χ2n) is 4.77. The molecule has 17 heavy (non-hydrogen) atoms. The molecule has 0 aliphatic heterocycles. The molecule has 0 bridgehead atoms. The van der Waals surface area contributed by atoms with Gasteiger partial charge in [-0.1, -0.05) is 13.8 Å². The Bertz CT molecular complexity index is 431. The highest BCUT2D eigenvalue weighted by Crippen LogP contribution is 2.26. The number of nitrogens with zero attached hydrogens (tertiary/aromatic N) is 2. The molecule has 3 N–H and O–H groups in total. The Morgan fingerprint density at radius 1 is 1.41 bits per heavy atom. The zero-order valence-corrected chi connectivity index (χ0v) is 10.2. The highest BCUT2D eigenvalue weighted by Gasteiger charge is 2.23. The van der Waals surface area contributed by atoms with Crippen LogP contribution in [0.4, 0.5) is 5.82 Å². The molecule has 0 spiro atoms. The molecule has 0 saturated heterocycles. The van der Waals surface area contributed by atoms with E-state index in [0.717, 1.165) is 36.3 Å². The molecule has 92 valence electrons. The van der Waals surface area contributed by atoms with E-state index >= 15 is 0 Å². The third-order valence-electron chi connectivity index (χ3n) is 3.14. The Hall–Kier alpha value is -1.65. The molecule has 1 aromatic rings. The van der Waals surface area contributed by atoms with Crippen LogP contribution in [-0.2, 0) is 17.6 Å². The van der Waals surface area contributed by atoms with Crippen molar-refractivity contribution in [2.45, 2.75) is 39.2 Å². The summed E-state index contributed by atoms with van der Waals surface area (Å²) in [5.74, 6) is 0.565. The molecule has 5 nitrogen and oxygen atoms in total. The van der Waals surface area contributed by atoms with Crippen LogP contribution in [0.15, 0.2) is 6.33 Å². The van der Waals surface area contributed by atoms with Gasteiger partial charge in [0.15, 0.2) is 0 Å². The van der Waals surface area contributed by atoms with Crippen molar-refractivity contribution in [2.75, 3.05) is 5.32 Å². The number of hydrogen-bond donors (Lipinski definition) is 2. The minimum atomic E-state index is -0.380. The quantitative estimate of drug-likeness (QED) is 0.810. The third kappa shape index (κ3) is 2.38.